The van der Waals surface area contributed by atoms with Crippen molar-refractivity contribution < 1.29 is 14.3 Å². The molecule has 2 aliphatic rings. The van der Waals surface area contributed by atoms with Gasteiger partial charge < -0.3 is 14.4 Å². The van der Waals surface area contributed by atoms with Crippen LogP contribution in [0.5, 0.6) is 5.75 Å². The third-order valence-corrected chi connectivity index (χ3v) is 5.14. The summed E-state index contributed by atoms with van der Waals surface area (Å²) in [6.07, 6.45) is 7.03. The fourth-order valence-corrected chi connectivity index (χ4v) is 3.66. The van der Waals surface area contributed by atoms with Crippen LogP contribution in [0.15, 0.2) is 22.7 Å². The number of amides is 1. The van der Waals surface area contributed by atoms with Crippen LogP contribution in [-0.4, -0.2) is 43.2 Å². The highest BCUT2D eigenvalue weighted by Gasteiger charge is 2.19. The highest BCUT2D eigenvalue weighted by Crippen LogP contribution is 2.28. The molecule has 3 rings (SSSR count). The highest BCUT2D eigenvalue weighted by molar-refractivity contribution is 9.10. The lowest BCUT2D eigenvalue weighted by atomic mass is 10.2. The minimum absolute atomic E-state index is 0.123. The molecule has 0 spiro atoms. The van der Waals surface area contributed by atoms with Gasteiger partial charge in [-0.05, 0) is 59.8 Å². The molecule has 1 unspecified atom stereocenters. The van der Waals surface area contributed by atoms with Crippen molar-refractivity contribution >= 4 is 21.8 Å². The smallest absolute Gasteiger partial charge is 0.253 e. The van der Waals surface area contributed by atoms with Crippen molar-refractivity contribution in [3.05, 3.63) is 28.2 Å². The molecule has 2 fully saturated rings. The van der Waals surface area contributed by atoms with E-state index in [4.69, 9.17) is 9.47 Å². The maximum atomic E-state index is 12.6. The Morgan fingerprint density at radius 2 is 2.00 bits per heavy atom. The first-order valence-corrected chi connectivity index (χ1v) is 9.36. The molecule has 2 heterocycles. The molecule has 2 aliphatic heterocycles. The van der Waals surface area contributed by atoms with E-state index < -0.39 is 0 Å². The van der Waals surface area contributed by atoms with E-state index in [-0.39, 0.29) is 12.0 Å². The van der Waals surface area contributed by atoms with Gasteiger partial charge in [0.25, 0.3) is 5.91 Å². The first-order valence-electron chi connectivity index (χ1n) is 8.57. The normalized spacial score (nSPS) is 22.0. The van der Waals surface area contributed by atoms with E-state index in [1.54, 1.807) is 0 Å². The van der Waals surface area contributed by atoms with E-state index >= 15 is 0 Å². The standard InChI is InChI=1S/C18H24BrNO3/c19-16-12-14(18(21)20-9-3-1-2-4-10-20)7-8-17(16)23-13-15-6-5-11-22-15/h7-8,12,15H,1-6,9-11,13H2. The van der Waals surface area contributed by atoms with Gasteiger partial charge in [0, 0.05) is 25.3 Å². The molecule has 0 N–H and O–H groups in total. The third-order valence-electron chi connectivity index (χ3n) is 4.52. The lowest BCUT2D eigenvalue weighted by molar-refractivity contribution is 0.0676. The molecule has 1 aromatic carbocycles. The molecule has 1 amide bonds. The van der Waals surface area contributed by atoms with E-state index in [2.05, 4.69) is 15.9 Å². The zero-order valence-corrected chi connectivity index (χ0v) is 15.0. The summed E-state index contributed by atoms with van der Waals surface area (Å²) >= 11 is 3.53. The van der Waals surface area contributed by atoms with E-state index in [9.17, 15) is 4.79 Å². The Hall–Kier alpha value is -1.07. The number of hydrogen-bond donors (Lipinski definition) is 0. The van der Waals surface area contributed by atoms with Gasteiger partial charge in [-0.25, -0.2) is 0 Å². The van der Waals surface area contributed by atoms with Crippen molar-refractivity contribution in [3.8, 4) is 5.75 Å². The van der Waals surface area contributed by atoms with Crippen molar-refractivity contribution in [2.75, 3.05) is 26.3 Å². The van der Waals surface area contributed by atoms with Gasteiger partial charge in [0.15, 0.2) is 0 Å². The second-order valence-corrected chi connectivity index (χ2v) is 7.15. The van der Waals surface area contributed by atoms with Crippen LogP contribution >= 0.6 is 15.9 Å². The monoisotopic (exact) mass is 381 g/mol. The van der Waals surface area contributed by atoms with Gasteiger partial charge >= 0.3 is 0 Å². The van der Waals surface area contributed by atoms with Gasteiger partial charge in [-0.15, -0.1) is 0 Å². The Labute approximate surface area is 146 Å². The summed E-state index contributed by atoms with van der Waals surface area (Å²) in [4.78, 5) is 14.6. The third kappa shape index (κ3) is 4.48. The molecule has 0 bridgehead atoms. The lowest BCUT2D eigenvalue weighted by Crippen LogP contribution is -2.31. The molecule has 2 saturated heterocycles. The van der Waals surface area contributed by atoms with Crippen molar-refractivity contribution in [3.63, 3.8) is 0 Å². The number of carbonyl (C=O) groups excluding carboxylic acids is 1. The number of nitrogens with zero attached hydrogens (tertiary/aromatic N) is 1. The number of rotatable bonds is 4. The number of benzene rings is 1. The Bertz CT molecular complexity index is 535. The number of carbonyl (C=O) groups is 1. The topological polar surface area (TPSA) is 38.8 Å². The number of ether oxygens (including phenoxy) is 2. The highest BCUT2D eigenvalue weighted by atomic mass is 79.9. The van der Waals surface area contributed by atoms with Gasteiger partial charge in [0.1, 0.15) is 12.4 Å². The summed E-state index contributed by atoms with van der Waals surface area (Å²) in [6, 6.07) is 5.62. The maximum Gasteiger partial charge on any atom is 0.253 e. The number of hydrogen-bond acceptors (Lipinski definition) is 3. The van der Waals surface area contributed by atoms with Gasteiger partial charge in [-0.3, -0.25) is 4.79 Å². The Kier molecular flexibility index (Phi) is 5.95. The van der Waals surface area contributed by atoms with Gasteiger partial charge in [-0.1, -0.05) is 12.8 Å². The van der Waals surface area contributed by atoms with Crippen LogP contribution in [0.25, 0.3) is 0 Å². The molecule has 1 aromatic rings. The summed E-state index contributed by atoms with van der Waals surface area (Å²) in [5, 5.41) is 0. The Morgan fingerprint density at radius 3 is 2.65 bits per heavy atom. The van der Waals surface area contributed by atoms with Crippen LogP contribution in [-0.2, 0) is 4.74 Å². The van der Waals surface area contributed by atoms with Crippen LogP contribution in [0.2, 0.25) is 0 Å². The van der Waals surface area contributed by atoms with E-state index in [0.717, 1.165) is 61.2 Å². The van der Waals surface area contributed by atoms with Gasteiger partial charge in [0.2, 0.25) is 0 Å². The molecule has 0 aliphatic carbocycles. The second kappa shape index (κ2) is 8.15. The Balaban J connectivity index is 1.62. The lowest BCUT2D eigenvalue weighted by Gasteiger charge is -2.21. The molecule has 23 heavy (non-hydrogen) atoms. The van der Waals surface area contributed by atoms with Crippen LogP contribution in [0.3, 0.4) is 0 Å². The summed E-state index contributed by atoms with van der Waals surface area (Å²) in [5.74, 6) is 0.895. The molecule has 126 valence electrons. The Morgan fingerprint density at radius 1 is 1.22 bits per heavy atom. The fourth-order valence-electron chi connectivity index (χ4n) is 3.17. The second-order valence-electron chi connectivity index (χ2n) is 6.30. The minimum atomic E-state index is 0.123. The molecule has 0 saturated carbocycles. The van der Waals surface area contributed by atoms with E-state index in [0.29, 0.717) is 6.61 Å². The summed E-state index contributed by atoms with van der Waals surface area (Å²) in [6.45, 7) is 3.14. The van der Waals surface area contributed by atoms with Crippen molar-refractivity contribution in [2.45, 2.75) is 44.6 Å². The molecular formula is C18H24BrNO3. The van der Waals surface area contributed by atoms with Crippen LogP contribution in [0.1, 0.15) is 48.9 Å². The average molecular weight is 382 g/mol. The molecular weight excluding hydrogens is 358 g/mol. The SMILES string of the molecule is O=C(c1ccc(OCC2CCCO2)c(Br)c1)N1CCCCCC1. The first kappa shape index (κ1) is 16.8. The first-order chi connectivity index (χ1) is 11.2. The predicted molar refractivity (Wildman–Crippen MR) is 93.0 cm³/mol. The minimum Gasteiger partial charge on any atom is -0.490 e. The average Bonchev–Trinajstić information content (AvgIpc) is 2.93. The fraction of sp³-hybridized carbons (Fsp3) is 0.611. The summed E-state index contributed by atoms with van der Waals surface area (Å²) in [7, 11) is 0. The number of likely N-dealkylation sites (tertiary alicyclic amines) is 1. The van der Waals surface area contributed by atoms with Crippen molar-refractivity contribution in [1.29, 1.82) is 0 Å². The van der Waals surface area contributed by atoms with Crippen molar-refractivity contribution in [2.24, 2.45) is 0 Å². The van der Waals surface area contributed by atoms with Gasteiger partial charge in [0.05, 0.1) is 10.6 Å². The zero-order chi connectivity index (χ0) is 16.1. The van der Waals surface area contributed by atoms with E-state index in [1.165, 1.54) is 12.8 Å². The number of halogens is 1. The summed E-state index contributed by atoms with van der Waals surface area (Å²) in [5.41, 5.74) is 0.725. The zero-order valence-electron chi connectivity index (χ0n) is 13.4. The van der Waals surface area contributed by atoms with Crippen molar-refractivity contribution in [1.82, 2.24) is 4.90 Å². The predicted octanol–water partition coefficient (Wildman–Crippen LogP) is 4.02. The molecule has 1 atom stereocenters. The summed E-state index contributed by atoms with van der Waals surface area (Å²) < 4.78 is 12.2. The molecule has 4 nitrogen and oxygen atoms in total. The molecule has 0 aromatic heterocycles. The van der Waals surface area contributed by atoms with Crippen LogP contribution in [0, 0.1) is 0 Å². The molecule has 5 heteroatoms. The molecule has 0 radical (unpaired) electrons. The van der Waals surface area contributed by atoms with Crippen LogP contribution in [0.4, 0.5) is 0 Å². The maximum absolute atomic E-state index is 12.6. The van der Waals surface area contributed by atoms with Gasteiger partial charge in [-0.2, -0.15) is 0 Å². The largest absolute Gasteiger partial charge is 0.490 e. The van der Waals surface area contributed by atoms with E-state index in [1.807, 2.05) is 23.1 Å². The van der Waals surface area contributed by atoms with Crippen LogP contribution < -0.4 is 4.74 Å². The quantitative estimate of drug-likeness (QED) is 0.790.